The average molecular weight is 292 g/mol. The summed E-state index contributed by atoms with van der Waals surface area (Å²) in [4.78, 5) is 15.6. The van der Waals surface area contributed by atoms with Crippen LogP contribution in [0, 0.1) is 0 Å². The molecule has 0 amide bonds. The lowest BCUT2D eigenvalue weighted by molar-refractivity contribution is 0.0246. The fourth-order valence-electron chi connectivity index (χ4n) is 2.79. The molecule has 3 heterocycles. The molecule has 1 atom stereocenters. The number of aromatic nitrogens is 3. The van der Waals surface area contributed by atoms with E-state index < -0.39 is 0 Å². The van der Waals surface area contributed by atoms with Gasteiger partial charge in [0.05, 0.1) is 6.10 Å². The molecule has 0 aromatic carbocycles. The minimum Gasteiger partial charge on any atom is -0.376 e. The molecule has 1 aromatic rings. The van der Waals surface area contributed by atoms with Gasteiger partial charge in [-0.1, -0.05) is 0 Å². The predicted molar refractivity (Wildman–Crippen MR) is 82.9 cm³/mol. The fraction of sp³-hybridized carbons (Fsp3) is 0.786. The Morgan fingerprint density at radius 1 is 1.10 bits per heavy atom. The third-order valence-electron chi connectivity index (χ3n) is 4.00. The highest BCUT2D eigenvalue weighted by atomic mass is 16.5. The maximum absolute atomic E-state index is 5.73. The number of anilines is 3. The summed E-state index contributed by atoms with van der Waals surface area (Å²) in [5, 5.41) is 6.31. The van der Waals surface area contributed by atoms with Crippen LogP contribution in [0.4, 0.5) is 17.8 Å². The first-order valence-electron chi connectivity index (χ1n) is 7.89. The second-order valence-electron chi connectivity index (χ2n) is 5.60. The van der Waals surface area contributed by atoms with Gasteiger partial charge in [0.2, 0.25) is 17.8 Å². The highest BCUT2D eigenvalue weighted by Gasteiger charge is 2.18. The zero-order valence-corrected chi connectivity index (χ0v) is 12.6. The number of hydrogen-bond acceptors (Lipinski definition) is 7. The largest absolute Gasteiger partial charge is 0.376 e. The van der Waals surface area contributed by atoms with Gasteiger partial charge in [0, 0.05) is 33.3 Å². The van der Waals surface area contributed by atoms with Crippen LogP contribution in [0.15, 0.2) is 0 Å². The highest BCUT2D eigenvalue weighted by molar-refractivity contribution is 5.44. The molecule has 21 heavy (non-hydrogen) atoms. The van der Waals surface area contributed by atoms with Gasteiger partial charge in [0.1, 0.15) is 0 Å². The van der Waals surface area contributed by atoms with E-state index in [0.717, 1.165) is 38.6 Å². The number of hydrogen-bond donors (Lipinski definition) is 2. The Kier molecular flexibility index (Phi) is 4.69. The molecule has 0 bridgehead atoms. The van der Waals surface area contributed by atoms with E-state index >= 15 is 0 Å². The smallest absolute Gasteiger partial charge is 0.231 e. The van der Waals surface area contributed by atoms with Crippen molar-refractivity contribution in [3.05, 3.63) is 0 Å². The van der Waals surface area contributed by atoms with Gasteiger partial charge in [0.25, 0.3) is 0 Å². The van der Waals surface area contributed by atoms with Gasteiger partial charge in [-0.2, -0.15) is 15.0 Å². The second-order valence-corrected chi connectivity index (χ2v) is 5.60. The van der Waals surface area contributed by atoms with E-state index in [-0.39, 0.29) is 6.10 Å². The molecule has 1 aromatic heterocycles. The lowest BCUT2D eigenvalue weighted by Gasteiger charge is -2.23. The summed E-state index contributed by atoms with van der Waals surface area (Å²) < 4.78 is 5.73. The second kappa shape index (κ2) is 6.89. The van der Waals surface area contributed by atoms with E-state index in [1.165, 1.54) is 25.7 Å². The van der Waals surface area contributed by atoms with Gasteiger partial charge in [-0.05, 0) is 32.1 Å². The third kappa shape index (κ3) is 3.72. The Morgan fingerprint density at radius 3 is 2.62 bits per heavy atom. The lowest BCUT2D eigenvalue weighted by Crippen LogP contribution is -2.28. The van der Waals surface area contributed by atoms with E-state index in [9.17, 15) is 0 Å². The molecule has 3 rings (SSSR count). The van der Waals surface area contributed by atoms with Crippen molar-refractivity contribution in [2.45, 2.75) is 38.2 Å². The molecular weight excluding hydrogens is 268 g/mol. The average Bonchev–Trinajstić information content (AvgIpc) is 3.08. The molecule has 7 nitrogen and oxygen atoms in total. The van der Waals surface area contributed by atoms with Crippen LogP contribution in [0.25, 0.3) is 0 Å². The SMILES string of the molecule is CNc1nc(NCC2CCCCO2)nc(N2CCCC2)n1. The summed E-state index contributed by atoms with van der Waals surface area (Å²) in [5.74, 6) is 2.00. The maximum atomic E-state index is 5.73. The summed E-state index contributed by atoms with van der Waals surface area (Å²) in [7, 11) is 1.83. The molecule has 0 spiro atoms. The number of nitrogens with one attached hydrogen (secondary N) is 2. The van der Waals surface area contributed by atoms with Crippen molar-refractivity contribution in [2.75, 3.05) is 48.8 Å². The number of rotatable bonds is 5. The van der Waals surface area contributed by atoms with Crippen molar-refractivity contribution in [2.24, 2.45) is 0 Å². The van der Waals surface area contributed by atoms with E-state index in [2.05, 4.69) is 30.5 Å². The number of nitrogens with zero attached hydrogens (tertiary/aromatic N) is 4. The first-order chi connectivity index (χ1) is 10.3. The zero-order chi connectivity index (χ0) is 14.5. The fourth-order valence-corrected chi connectivity index (χ4v) is 2.79. The molecule has 1 unspecified atom stereocenters. The van der Waals surface area contributed by atoms with Gasteiger partial charge >= 0.3 is 0 Å². The molecule has 0 saturated carbocycles. The van der Waals surface area contributed by atoms with Crippen LogP contribution < -0.4 is 15.5 Å². The van der Waals surface area contributed by atoms with Crippen molar-refractivity contribution in [1.29, 1.82) is 0 Å². The van der Waals surface area contributed by atoms with Crippen LogP contribution in [0.1, 0.15) is 32.1 Å². The molecule has 2 saturated heterocycles. The van der Waals surface area contributed by atoms with Gasteiger partial charge in [-0.3, -0.25) is 0 Å². The lowest BCUT2D eigenvalue weighted by atomic mass is 10.1. The Hall–Kier alpha value is -1.63. The Morgan fingerprint density at radius 2 is 1.90 bits per heavy atom. The topological polar surface area (TPSA) is 75.2 Å². The van der Waals surface area contributed by atoms with Crippen LogP contribution in [0.5, 0.6) is 0 Å². The molecule has 0 aliphatic carbocycles. The van der Waals surface area contributed by atoms with E-state index in [1.807, 2.05) is 7.05 Å². The van der Waals surface area contributed by atoms with Crippen LogP contribution >= 0.6 is 0 Å². The van der Waals surface area contributed by atoms with Gasteiger partial charge in [0.15, 0.2) is 0 Å². The molecule has 7 heteroatoms. The Balaban J connectivity index is 1.66. The Bertz CT molecular complexity index is 457. The standard InChI is InChI=1S/C14H24N6O/c1-15-12-17-13(16-10-11-6-2-5-9-21-11)19-14(18-12)20-7-3-4-8-20/h11H,2-10H2,1H3,(H2,15,16,17,18,19). The Labute approximate surface area is 125 Å². The van der Waals surface area contributed by atoms with Crippen molar-refractivity contribution in [1.82, 2.24) is 15.0 Å². The van der Waals surface area contributed by atoms with Crippen molar-refractivity contribution < 1.29 is 4.74 Å². The summed E-state index contributed by atoms with van der Waals surface area (Å²) in [6.45, 7) is 3.67. The molecular formula is C14H24N6O. The first kappa shape index (κ1) is 14.3. The van der Waals surface area contributed by atoms with Crippen LogP contribution in [0.2, 0.25) is 0 Å². The minimum absolute atomic E-state index is 0.267. The van der Waals surface area contributed by atoms with E-state index in [1.54, 1.807) is 0 Å². The predicted octanol–water partition coefficient (Wildman–Crippen LogP) is 1.49. The van der Waals surface area contributed by atoms with Crippen molar-refractivity contribution in [3.8, 4) is 0 Å². The highest BCUT2D eigenvalue weighted by Crippen LogP contribution is 2.19. The first-order valence-corrected chi connectivity index (χ1v) is 7.89. The zero-order valence-electron chi connectivity index (χ0n) is 12.6. The van der Waals surface area contributed by atoms with Gasteiger partial charge in [-0.25, -0.2) is 0 Å². The third-order valence-corrected chi connectivity index (χ3v) is 4.00. The summed E-state index contributed by atoms with van der Waals surface area (Å²) >= 11 is 0. The monoisotopic (exact) mass is 292 g/mol. The van der Waals surface area contributed by atoms with Crippen molar-refractivity contribution in [3.63, 3.8) is 0 Å². The normalized spacial score (nSPS) is 22.3. The van der Waals surface area contributed by atoms with Crippen LogP contribution in [0.3, 0.4) is 0 Å². The van der Waals surface area contributed by atoms with E-state index in [0.29, 0.717) is 11.9 Å². The molecule has 2 fully saturated rings. The molecule has 2 N–H and O–H groups in total. The summed E-state index contributed by atoms with van der Waals surface area (Å²) in [6, 6.07) is 0. The molecule has 2 aliphatic heterocycles. The van der Waals surface area contributed by atoms with Gasteiger partial charge < -0.3 is 20.3 Å². The molecule has 0 radical (unpaired) electrons. The molecule has 2 aliphatic rings. The summed E-state index contributed by atoms with van der Waals surface area (Å²) in [6.07, 6.45) is 6.20. The van der Waals surface area contributed by atoms with Gasteiger partial charge in [-0.15, -0.1) is 0 Å². The maximum Gasteiger partial charge on any atom is 0.231 e. The number of ether oxygens (including phenoxy) is 1. The van der Waals surface area contributed by atoms with Crippen LogP contribution in [-0.2, 0) is 4.74 Å². The minimum atomic E-state index is 0.267. The quantitative estimate of drug-likeness (QED) is 0.851. The molecule has 116 valence electrons. The summed E-state index contributed by atoms with van der Waals surface area (Å²) in [5.41, 5.74) is 0. The van der Waals surface area contributed by atoms with Crippen molar-refractivity contribution >= 4 is 17.8 Å². The van der Waals surface area contributed by atoms with Crippen LogP contribution in [-0.4, -0.2) is 54.3 Å². The van der Waals surface area contributed by atoms with E-state index in [4.69, 9.17) is 4.74 Å².